The highest BCUT2D eigenvalue weighted by Gasteiger charge is 2.23. The molecule has 1 heterocycles. The van der Waals surface area contributed by atoms with Gasteiger partial charge in [-0.15, -0.1) is 0 Å². The van der Waals surface area contributed by atoms with Gasteiger partial charge in [-0.05, 0) is 18.4 Å². The van der Waals surface area contributed by atoms with Crippen LogP contribution in [-0.4, -0.2) is 24.7 Å². The lowest BCUT2D eigenvalue weighted by molar-refractivity contribution is -0.121. The summed E-state index contributed by atoms with van der Waals surface area (Å²) in [7, 11) is 1.68. The lowest BCUT2D eigenvalue weighted by Gasteiger charge is -2.06. The Balaban J connectivity index is 2.87. The minimum Gasteiger partial charge on any atom is -0.392 e. The molecule has 1 unspecified atom stereocenters. The van der Waals surface area contributed by atoms with Crippen LogP contribution in [0, 0.1) is 5.41 Å². The quantitative estimate of drug-likeness (QED) is 0.351. The largest absolute Gasteiger partial charge is 0.392 e. The molecule has 0 saturated carbocycles. The highest BCUT2D eigenvalue weighted by Crippen LogP contribution is 2.12. The van der Waals surface area contributed by atoms with Crippen molar-refractivity contribution in [1.82, 2.24) is 10.6 Å². The maximum absolute atomic E-state index is 11.5. The molecule has 1 aliphatic heterocycles. The van der Waals surface area contributed by atoms with Gasteiger partial charge in [0.2, 0.25) is 5.91 Å². The minimum atomic E-state index is -0.724. The first kappa shape index (κ1) is 11.1. The van der Waals surface area contributed by atoms with E-state index in [1.165, 1.54) is 0 Å². The van der Waals surface area contributed by atoms with E-state index < -0.39 is 6.04 Å². The second-order valence-electron chi connectivity index (χ2n) is 3.07. The monoisotopic (exact) mass is 208 g/mol. The van der Waals surface area contributed by atoms with Crippen molar-refractivity contribution < 1.29 is 4.79 Å². The van der Waals surface area contributed by atoms with Gasteiger partial charge < -0.3 is 16.0 Å². The highest BCUT2D eigenvalue weighted by atomic mass is 16.2. The van der Waals surface area contributed by atoms with Crippen LogP contribution in [0.15, 0.2) is 17.0 Å². The lowest BCUT2D eigenvalue weighted by atomic mass is 10.1. The number of rotatable bonds is 2. The maximum atomic E-state index is 11.5. The third-order valence-corrected chi connectivity index (χ3v) is 2.03. The Kier molecular flexibility index (Phi) is 3.70. The summed E-state index contributed by atoms with van der Waals surface area (Å²) in [5.41, 5.74) is 9.02. The smallest absolute Gasteiger partial charge is 0.233 e. The van der Waals surface area contributed by atoms with Gasteiger partial charge in [0, 0.05) is 18.2 Å². The number of carbonyl (C=O) groups is 1. The standard InChI is InChI=1S/C8H12N6O/c1-11-4-7-5(9)2-3-6(13-14-10)8(15)12-7/h4,6,9,11H,2-3H2,1H3,(H,12,15)/b7-4+,9-5?. The Morgan fingerprint density at radius 3 is 3.13 bits per heavy atom. The van der Waals surface area contributed by atoms with Crippen molar-refractivity contribution >= 4 is 11.6 Å². The molecule has 1 aliphatic rings. The summed E-state index contributed by atoms with van der Waals surface area (Å²) in [5, 5.41) is 16.3. The van der Waals surface area contributed by atoms with E-state index in [4.69, 9.17) is 10.9 Å². The van der Waals surface area contributed by atoms with Crippen molar-refractivity contribution in [1.29, 1.82) is 5.41 Å². The van der Waals surface area contributed by atoms with Crippen LogP contribution in [0.5, 0.6) is 0 Å². The predicted octanol–water partition coefficient (Wildman–Crippen LogP) is 0.656. The molecule has 1 amide bonds. The molecule has 1 saturated heterocycles. The van der Waals surface area contributed by atoms with Crippen molar-refractivity contribution in [3.63, 3.8) is 0 Å². The molecule has 0 spiro atoms. The first-order valence-corrected chi connectivity index (χ1v) is 4.49. The van der Waals surface area contributed by atoms with Gasteiger partial charge in [-0.3, -0.25) is 4.79 Å². The molecule has 3 N–H and O–H groups in total. The number of hydrogen-bond donors (Lipinski definition) is 3. The Morgan fingerprint density at radius 2 is 2.53 bits per heavy atom. The van der Waals surface area contributed by atoms with Gasteiger partial charge in [0.15, 0.2) is 0 Å². The minimum absolute atomic E-state index is 0.327. The lowest BCUT2D eigenvalue weighted by Crippen LogP contribution is -2.31. The number of nitrogens with zero attached hydrogens (tertiary/aromatic N) is 3. The third-order valence-electron chi connectivity index (χ3n) is 2.03. The molecule has 0 radical (unpaired) electrons. The third kappa shape index (κ3) is 2.72. The summed E-state index contributed by atoms with van der Waals surface area (Å²) in [6.45, 7) is 0. The zero-order valence-corrected chi connectivity index (χ0v) is 8.32. The summed E-state index contributed by atoms with van der Waals surface area (Å²) in [5.74, 6) is -0.364. The SMILES string of the molecule is CN/C=C1/NC(=O)C(N=[N+]=[N-])CCC1=N. The van der Waals surface area contributed by atoms with Crippen molar-refractivity contribution in [2.24, 2.45) is 5.11 Å². The average molecular weight is 208 g/mol. The first-order valence-electron chi connectivity index (χ1n) is 4.49. The molecule has 1 fully saturated rings. The van der Waals surface area contributed by atoms with Gasteiger partial charge in [-0.2, -0.15) is 0 Å². The molecule has 0 aliphatic carbocycles. The highest BCUT2D eigenvalue weighted by molar-refractivity contribution is 6.03. The Hall–Kier alpha value is -2.01. The Morgan fingerprint density at radius 1 is 1.80 bits per heavy atom. The van der Waals surface area contributed by atoms with Crippen LogP contribution in [0.2, 0.25) is 0 Å². The fraction of sp³-hybridized carbons (Fsp3) is 0.500. The van der Waals surface area contributed by atoms with Crippen LogP contribution in [0.4, 0.5) is 0 Å². The van der Waals surface area contributed by atoms with E-state index in [0.29, 0.717) is 24.3 Å². The number of allylic oxidation sites excluding steroid dienone is 1. The van der Waals surface area contributed by atoms with Gasteiger partial charge in [-0.25, -0.2) is 0 Å². The van der Waals surface area contributed by atoms with Gasteiger partial charge >= 0.3 is 0 Å². The van der Waals surface area contributed by atoms with E-state index in [-0.39, 0.29) is 5.91 Å². The molecule has 1 rings (SSSR count). The molecule has 0 bridgehead atoms. The fourth-order valence-electron chi connectivity index (χ4n) is 1.28. The summed E-state index contributed by atoms with van der Waals surface area (Å²) in [6, 6.07) is -0.724. The summed E-state index contributed by atoms with van der Waals surface area (Å²) < 4.78 is 0. The number of azide groups is 1. The zero-order valence-electron chi connectivity index (χ0n) is 8.32. The number of hydrogen-bond acceptors (Lipinski definition) is 4. The topological polar surface area (TPSA) is 114 Å². The summed E-state index contributed by atoms with van der Waals surface area (Å²) >= 11 is 0. The van der Waals surface area contributed by atoms with E-state index in [0.717, 1.165) is 0 Å². The van der Waals surface area contributed by atoms with E-state index >= 15 is 0 Å². The molecular weight excluding hydrogens is 196 g/mol. The molecule has 15 heavy (non-hydrogen) atoms. The van der Waals surface area contributed by atoms with Gasteiger partial charge in [0.05, 0.1) is 11.4 Å². The predicted molar refractivity (Wildman–Crippen MR) is 55.2 cm³/mol. The van der Waals surface area contributed by atoms with E-state index in [2.05, 4.69) is 20.7 Å². The van der Waals surface area contributed by atoms with Crippen molar-refractivity contribution in [2.45, 2.75) is 18.9 Å². The number of nitrogens with one attached hydrogen (secondary N) is 3. The average Bonchev–Trinajstić information content (AvgIpc) is 2.33. The summed E-state index contributed by atoms with van der Waals surface area (Å²) in [4.78, 5) is 14.1. The second-order valence-corrected chi connectivity index (χ2v) is 3.07. The zero-order chi connectivity index (χ0) is 11.3. The Labute approximate surface area is 86.7 Å². The molecule has 0 aromatic carbocycles. The number of carbonyl (C=O) groups excluding carboxylic acids is 1. The molecule has 0 aromatic heterocycles. The second kappa shape index (κ2) is 5.02. The normalized spacial score (nSPS) is 24.1. The fourth-order valence-corrected chi connectivity index (χ4v) is 1.28. The Bertz CT molecular complexity index is 354. The van der Waals surface area contributed by atoms with E-state index in [1.54, 1.807) is 13.2 Å². The van der Waals surface area contributed by atoms with Crippen LogP contribution in [0.25, 0.3) is 10.4 Å². The van der Waals surface area contributed by atoms with Gasteiger partial charge in [0.1, 0.15) is 6.04 Å². The molecular formula is C8H12N6O. The van der Waals surface area contributed by atoms with Crippen LogP contribution >= 0.6 is 0 Å². The maximum Gasteiger partial charge on any atom is 0.233 e. The van der Waals surface area contributed by atoms with Crippen molar-refractivity contribution in [3.8, 4) is 0 Å². The van der Waals surface area contributed by atoms with Gasteiger partial charge in [-0.1, -0.05) is 5.11 Å². The molecule has 7 nitrogen and oxygen atoms in total. The van der Waals surface area contributed by atoms with Crippen LogP contribution < -0.4 is 10.6 Å². The van der Waals surface area contributed by atoms with Gasteiger partial charge in [0.25, 0.3) is 0 Å². The number of amides is 1. The molecule has 80 valence electrons. The van der Waals surface area contributed by atoms with E-state index in [1.807, 2.05) is 0 Å². The van der Waals surface area contributed by atoms with Crippen LogP contribution in [-0.2, 0) is 4.79 Å². The molecule has 7 heteroatoms. The van der Waals surface area contributed by atoms with Crippen LogP contribution in [0.3, 0.4) is 0 Å². The van der Waals surface area contributed by atoms with Crippen molar-refractivity contribution in [3.05, 3.63) is 22.3 Å². The first-order chi connectivity index (χ1) is 7.19. The van der Waals surface area contributed by atoms with Crippen LogP contribution in [0.1, 0.15) is 12.8 Å². The molecule has 0 aromatic rings. The van der Waals surface area contributed by atoms with E-state index in [9.17, 15) is 4.79 Å². The molecule has 1 atom stereocenters. The van der Waals surface area contributed by atoms with Crippen molar-refractivity contribution in [2.75, 3.05) is 7.05 Å². The summed E-state index contributed by atoms with van der Waals surface area (Å²) in [6.07, 6.45) is 2.32.